The van der Waals surface area contributed by atoms with Crippen molar-refractivity contribution in [1.82, 2.24) is 19.7 Å². The molecule has 0 spiro atoms. The van der Waals surface area contributed by atoms with Gasteiger partial charge in [0.25, 0.3) is 5.56 Å². The molecular weight excluding hydrogens is 328 g/mol. The quantitative estimate of drug-likeness (QED) is 0.824. The summed E-state index contributed by atoms with van der Waals surface area (Å²) in [5.41, 5.74) is 2.36. The highest BCUT2D eigenvalue weighted by Gasteiger charge is 2.23. The minimum Gasteiger partial charge on any atom is -0.444 e. The molecule has 0 radical (unpaired) electrons. The number of aryl methyl sites for hydroxylation is 2. The average Bonchev–Trinajstić information content (AvgIpc) is 3.26. The Morgan fingerprint density at radius 3 is 2.81 bits per heavy atom. The second-order valence-electron chi connectivity index (χ2n) is 8.02. The van der Waals surface area contributed by atoms with Gasteiger partial charge in [0, 0.05) is 18.5 Å². The van der Waals surface area contributed by atoms with Crippen LogP contribution in [0.5, 0.6) is 0 Å². The summed E-state index contributed by atoms with van der Waals surface area (Å²) in [4.78, 5) is 19.1. The lowest BCUT2D eigenvalue weighted by Crippen LogP contribution is -2.36. The average molecular weight is 356 g/mol. The third kappa shape index (κ3) is 3.75. The standard InChI is InChI=1S/C20H28N4O2/c1-14(2)18-11-21-19(26-18)13-23-8-6-15(7-9-23)12-24-20(25)10-16-4-3-5-17(16)22-24/h10-11,14-15H,3-9,12-13H2,1-2H3. The topological polar surface area (TPSA) is 64.2 Å². The van der Waals surface area contributed by atoms with Gasteiger partial charge >= 0.3 is 0 Å². The van der Waals surface area contributed by atoms with Gasteiger partial charge in [0.2, 0.25) is 5.89 Å². The van der Waals surface area contributed by atoms with Gasteiger partial charge in [0.05, 0.1) is 18.4 Å². The first-order chi connectivity index (χ1) is 12.6. The van der Waals surface area contributed by atoms with Crippen LogP contribution in [0.25, 0.3) is 0 Å². The molecule has 4 rings (SSSR count). The van der Waals surface area contributed by atoms with Gasteiger partial charge in [-0.15, -0.1) is 0 Å². The normalized spacial score (nSPS) is 18.6. The zero-order chi connectivity index (χ0) is 18.1. The van der Waals surface area contributed by atoms with E-state index in [0.717, 1.165) is 81.2 Å². The van der Waals surface area contributed by atoms with Gasteiger partial charge in [-0.2, -0.15) is 5.10 Å². The maximum absolute atomic E-state index is 12.3. The molecule has 26 heavy (non-hydrogen) atoms. The van der Waals surface area contributed by atoms with E-state index in [9.17, 15) is 4.79 Å². The first kappa shape index (κ1) is 17.5. The Morgan fingerprint density at radius 2 is 2.08 bits per heavy atom. The molecule has 0 amide bonds. The van der Waals surface area contributed by atoms with E-state index in [4.69, 9.17) is 4.42 Å². The fourth-order valence-electron chi connectivity index (χ4n) is 4.00. The highest BCUT2D eigenvalue weighted by atomic mass is 16.4. The van der Waals surface area contributed by atoms with Gasteiger partial charge in [-0.3, -0.25) is 9.69 Å². The van der Waals surface area contributed by atoms with Crippen LogP contribution in [-0.2, 0) is 25.9 Å². The predicted octanol–water partition coefficient (Wildman–Crippen LogP) is 2.76. The van der Waals surface area contributed by atoms with Crippen LogP contribution in [0.4, 0.5) is 0 Å². The molecule has 140 valence electrons. The molecule has 6 heteroatoms. The Balaban J connectivity index is 1.32. The number of rotatable bonds is 5. The molecule has 6 nitrogen and oxygen atoms in total. The maximum Gasteiger partial charge on any atom is 0.267 e. The first-order valence-electron chi connectivity index (χ1n) is 9.85. The van der Waals surface area contributed by atoms with Crippen LogP contribution in [-0.4, -0.2) is 32.8 Å². The van der Waals surface area contributed by atoms with Crippen LogP contribution >= 0.6 is 0 Å². The fraction of sp³-hybridized carbons (Fsp3) is 0.650. The van der Waals surface area contributed by atoms with E-state index in [-0.39, 0.29) is 5.56 Å². The second kappa shape index (κ2) is 7.35. The number of aromatic nitrogens is 3. The number of likely N-dealkylation sites (tertiary alicyclic amines) is 1. The third-order valence-electron chi connectivity index (χ3n) is 5.66. The Hall–Kier alpha value is -1.95. The van der Waals surface area contributed by atoms with Gasteiger partial charge in [-0.25, -0.2) is 9.67 Å². The summed E-state index contributed by atoms with van der Waals surface area (Å²) in [5.74, 6) is 2.66. The van der Waals surface area contributed by atoms with Gasteiger partial charge in [-0.05, 0) is 56.7 Å². The zero-order valence-corrected chi connectivity index (χ0v) is 15.8. The van der Waals surface area contributed by atoms with Gasteiger partial charge in [0.1, 0.15) is 5.76 Å². The van der Waals surface area contributed by atoms with Crippen LogP contribution in [0.15, 0.2) is 21.5 Å². The van der Waals surface area contributed by atoms with Crippen LogP contribution in [0.2, 0.25) is 0 Å². The first-order valence-corrected chi connectivity index (χ1v) is 9.85. The Morgan fingerprint density at radius 1 is 1.27 bits per heavy atom. The molecule has 1 aliphatic heterocycles. The summed E-state index contributed by atoms with van der Waals surface area (Å²) in [6.07, 6.45) is 7.17. The van der Waals surface area contributed by atoms with Crippen molar-refractivity contribution in [2.24, 2.45) is 5.92 Å². The molecule has 0 aromatic carbocycles. The van der Waals surface area contributed by atoms with Crippen molar-refractivity contribution in [2.45, 2.75) is 65.0 Å². The van der Waals surface area contributed by atoms with E-state index < -0.39 is 0 Å². The molecule has 2 aromatic heterocycles. The van der Waals surface area contributed by atoms with E-state index in [1.54, 1.807) is 10.7 Å². The molecule has 1 fully saturated rings. The molecule has 1 aliphatic carbocycles. The Labute approximate surface area is 154 Å². The molecule has 0 saturated carbocycles. The largest absolute Gasteiger partial charge is 0.444 e. The van der Waals surface area contributed by atoms with Crippen LogP contribution in [0, 0.1) is 5.92 Å². The number of piperidine rings is 1. The third-order valence-corrected chi connectivity index (χ3v) is 5.66. The Bertz CT molecular complexity index is 815. The molecule has 0 N–H and O–H groups in total. The lowest BCUT2D eigenvalue weighted by Gasteiger charge is -2.31. The smallest absolute Gasteiger partial charge is 0.267 e. The lowest BCUT2D eigenvalue weighted by atomic mass is 9.97. The molecular formula is C20H28N4O2. The SMILES string of the molecule is CC(C)c1cnc(CN2CCC(Cn3nc4c(cc3=O)CCC4)CC2)o1. The predicted molar refractivity (Wildman–Crippen MR) is 99.1 cm³/mol. The van der Waals surface area contributed by atoms with Crippen LogP contribution < -0.4 is 5.56 Å². The molecule has 0 atom stereocenters. The summed E-state index contributed by atoms with van der Waals surface area (Å²) in [7, 11) is 0. The minimum atomic E-state index is 0.0640. The summed E-state index contributed by atoms with van der Waals surface area (Å²) >= 11 is 0. The number of oxazole rings is 1. The number of fused-ring (bicyclic) bond motifs is 1. The number of hydrogen-bond donors (Lipinski definition) is 0. The van der Waals surface area contributed by atoms with Crippen molar-refractivity contribution >= 4 is 0 Å². The van der Waals surface area contributed by atoms with E-state index in [0.29, 0.717) is 11.8 Å². The van der Waals surface area contributed by atoms with Crippen molar-refractivity contribution < 1.29 is 4.42 Å². The monoisotopic (exact) mass is 356 g/mol. The van der Waals surface area contributed by atoms with Gasteiger partial charge in [0.15, 0.2) is 0 Å². The van der Waals surface area contributed by atoms with E-state index in [1.807, 2.05) is 6.20 Å². The van der Waals surface area contributed by atoms with Crippen molar-refractivity contribution in [3.63, 3.8) is 0 Å². The maximum atomic E-state index is 12.3. The highest BCUT2D eigenvalue weighted by Crippen LogP contribution is 2.22. The molecule has 2 aromatic rings. The van der Waals surface area contributed by atoms with Crippen LogP contribution in [0.3, 0.4) is 0 Å². The highest BCUT2D eigenvalue weighted by molar-refractivity contribution is 5.22. The molecule has 0 unspecified atom stereocenters. The minimum absolute atomic E-state index is 0.0640. The fourth-order valence-corrected chi connectivity index (χ4v) is 4.00. The molecule has 2 aliphatic rings. The van der Waals surface area contributed by atoms with Crippen molar-refractivity contribution in [1.29, 1.82) is 0 Å². The van der Waals surface area contributed by atoms with E-state index in [1.165, 1.54) is 0 Å². The van der Waals surface area contributed by atoms with Gasteiger partial charge in [-0.1, -0.05) is 13.8 Å². The second-order valence-corrected chi connectivity index (χ2v) is 8.02. The van der Waals surface area contributed by atoms with E-state index in [2.05, 4.69) is 28.8 Å². The number of nitrogens with zero attached hydrogens (tertiary/aromatic N) is 4. The zero-order valence-electron chi connectivity index (χ0n) is 15.8. The van der Waals surface area contributed by atoms with Crippen molar-refractivity contribution in [2.75, 3.05) is 13.1 Å². The summed E-state index contributed by atoms with van der Waals surface area (Å²) in [6, 6.07) is 1.80. The van der Waals surface area contributed by atoms with Crippen LogP contribution in [0.1, 0.15) is 61.9 Å². The van der Waals surface area contributed by atoms with Gasteiger partial charge < -0.3 is 4.42 Å². The lowest BCUT2D eigenvalue weighted by molar-refractivity contribution is 0.151. The van der Waals surface area contributed by atoms with Crippen molar-refractivity contribution in [3.05, 3.63) is 45.5 Å². The summed E-state index contributed by atoms with van der Waals surface area (Å²) in [6.45, 7) is 7.79. The molecule has 3 heterocycles. The molecule has 0 bridgehead atoms. The number of hydrogen-bond acceptors (Lipinski definition) is 5. The van der Waals surface area contributed by atoms with Crippen molar-refractivity contribution in [3.8, 4) is 0 Å². The summed E-state index contributed by atoms with van der Waals surface area (Å²) < 4.78 is 7.52. The Kier molecular flexibility index (Phi) is 4.94. The summed E-state index contributed by atoms with van der Waals surface area (Å²) in [5, 5.41) is 4.62. The van der Waals surface area contributed by atoms with E-state index >= 15 is 0 Å². The molecule has 1 saturated heterocycles.